The predicted molar refractivity (Wildman–Crippen MR) is 70.5 cm³/mol. The molecule has 0 aromatic heterocycles. The van der Waals surface area contributed by atoms with Crippen molar-refractivity contribution >= 4 is 14.3 Å². The van der Waals surface area contributed by atoms with Gasteiger partial charge < -0.3 is 14.5 Å². The van der Waals surface area contributed by atoms with Crippen LogP contribution < -0.4 is 5.32 Å². The van der Waals surface area contributed by atoms with Gasteiger partial charge in [-0.2, -0.15) is 0 Å². The first-order valence-corrected chi connectivity index (χ1v) is 9.08. The van der Waals surface area contributed by atoms with Gasteiger partial charge >= 0.3 is 5.97 Å². The number of nitrogens with one attached hydrogen (secondary N) is 1. The lowest BCUT2D eigenvalue weighted by Crippen LogP contribution is -2.42. The molecule has 5 heteroatoms. The molecule has 0 aromatic rings. The molecule has 1 saturated heterocycles. The van der Waals surface area contributed by atoms with Crippen molar-refractivity contribution in [3.05, 3.63) is 0 Å². The summed E-state index contributed by atoms with van der Waals surface area (Å²) >= 11 is 0. The van der Waals surface area contributed by atoms with E-state index in [9.17, 15) is 4.79 Å². The zero-order valence-corrected chi connectivity index (χ0v) is 12.8. The first-order chi connectivity index (χ1) is 7.63. The summed E-state index contributed by atoms with van der Waals surface area (Å²) < 4.78 is 11.0. The van der Waals surface area contributed by atoms with E-state index in [1.165, 1.54) is 6.92 Å². The Morgan fingerprint density at radius 3 is 2.24 bits per heavy atom. The Hall–Kier alpha value is -0.393. The number of esters is 1. The van der Waals surface area contributed by atoms with Gasteiger partial charge in [0, 0.05) is 13.0 Å². The highest BCUT2D eigenvalue weighted by atomic mass is 28.4. The van der Waals surface area contributed by atoms with E-state index in [-0.39, 0.29) is 17.0 Å². The fraction of sp³-hybridized carbons (Fsp3) is 0.917. The van der Waals surface area contributed by atoms with Gasteiger partial charge in [0.15, 0.2) is 8.32 Å². The molecule has 0 radical (unpaired) electrons. The van der Waals surface area contributed by atoms with Gasteiger partial charge in [-0.1, -0.05) is 20.8 Å². The third-order valence-electron chi connectivity index (χ3n) is 3.70. The molecular weight excluding hydrogens is 234 g/mol. The molecule has 0 amide bonds. The minimum Gasteiger partial charge on any atom is -0.464 e. The molecule has 2 atom stereocenters. The summed E-state index contributed by atoms with van der Waals surface area (Å²) in [6, 6.07) is 0.632. The van der Waals surface area contributed by atoms with Crippen LogP contribution in [0.5, 0.6) is 0 Å². The molecule has 100 valence electrons. The second-order valence-corrected chi connectivity index (χ2v) is 11.1. The molecule has 0 bridgehead atoms. The van der Waals surface area contributed by atoms with E-state index < -0.39 is 8.32 Å². The number of hydrogen-bond donors (Lipinski definition) is 1. The molecule has 1 rings (SSSR count). The molecule has 0 aromatic carbocycles. The molecule has 1 heterocycles. The van der Waals surface area contributed by atoms with E-state index in [1.807, 2.05) is 0 Å². The maximum atomic E-state index is 10.7. The molecule has 0 aliphatic carbocycles. The van der Waals surface area contributed by atoms with Crippen molar-refractivity contribution in [2.75, 3.05) is 13.2 Å². The van der Waals surface area contributed by atoms with E-state index in [2.05, 4.69) is 39.2 Å². The van der Waals surface area contributed by atoms with Crippen LogP contribution >= 0.6 is 0 Å². The maximum Gasteiger partial charge on any atom is 0.302 e. The van der Waals surface area contributed by atoms with Gasteiger partial charge in [-0.3, -0.25) is 4.79 Å². The largest absolute Gasteiger partial charge is 0.464 e. The van der Waals surface area contributed by atoms with Gasteiger partial charge in [0.1, 0.15) is 6.61 Å². The highest BCUT2D eigenvalue weighted by Crippen LogP contribution is 2.36. The van der Waals surface area contributed by atoms with Crippen LogP contribution in [0.25, 0.3) is 0 Å². The molecule has 1 aliphatic rings. The van der Waals surface area contributed by atoms with Gasteiger partial charge in [-0.25, -0.2) is 0 Å². The van der Waals surface area contributed by atoms with Crippen LogP contribution in [-0.4, -0.2) is 39.6 Å². The number of hydrogen-bond acceptors (Lipinski definition) is 4. The monoisotopic (exact) mass is 259 g/mol. The summed E-state index contributed by atoms with van der Waals surface area (Å²) in [6.07, 6.45) is 0. The Kier molecular flexibility index (Phi) is 4.38. The maximum absolute atomic E-state index is 10.7. The smallest absolute Gasteiger partial charge is 0.302 e. The minimum atomic E-state index is -1.65. The molecule has 1 aliphatic heterocycles. The Morgan fingerprint density at radius 2 is 1.76 bits per heavy atom. The van der Waals surface area contributed by atoms with Crippen LogP contribution in [0.4, 0.5) is 0 Å². The highest BCUT2D eigenvalue weighted by molar-refractivity contribution is 6.74. The van der Waals surface area contributed by atoms with Crippen LogP contribution in [0.2, 0.25) is 18.1 Å². The summed E-state index contributed by atoms with van der Waals surface area (Å²) in [4.78, 5) is 10.7. The zero-order chi connectivity index (χ0) is 13.3. The fourth-order valence-corrected chi connectivity index (χ4v) is 2.30. The quantitative estimate of drug-likeness (QED) is 0.465. The highest BCUT2D eigenvalue weighted by Gasteiger charge is 2.42. The Balaban J connectivity index is 2.24. The molecule has 0 unspecified atom stereocenters. The summed E-state index contributed by atoms with van der Waals surface area (Å²) in [7, 11) is -1.65. The normalized spacial score (nSPS) is 24.6. The molecule has 17 heavy (non-hydrogen) atoms. The summed E-state index contributed by atoms with van der Waals surface area (Å²) in [6.45, 7) is 13.8. The minimum absolute atomic E-state index is 0.220. The second kappa shape index (κ2) is 5.08. The lowest BCUT2D eigenvalue weighted by molar-refractivity contribution is -0.140. The van der Waals surface area contributed by atoms with Crippen molar-refractivity contribution in [3.63, 3.8) is 0 Å². The van der Waals surface area contributed by atoms with Crippen molar-refractivity contribution in [2.24, 2.45) is 0 Å². The molecule has 4 nitrogen and oxygen atoms in total. The van der Waals surface area contributed by atoms with Gasteiger partial charge in [-0.15, -0.1) is 0 Å². The average Bonchev–Trinajstić information content (AvgIpc) is 2.88. The predicted octanol–water partition coefficient (Wildman–Crippen LogP) is 1.91. The van der Waals surface area contributed by atoms with Gasteiger partial charge in [0.2, 0.25) is 0 Å². The molecular formula is C12H25NO3Si. The summed E-state index contributed by atoms with van der Waals surface area (Å²) in [5, 5.41) is 3.51. The van der Waals surface area contributed by atoms with Crippen LogP contribution in [-0.2, 0) is 14.0 Å². The topological polar surface area (TPSA) is 57.5 Å². The van der Waals surface area contributed by atoms with Gasteiger partial charge in [0.05, 0.1) is 12.6 Å². The van der Waals surface area contributed by atoms with Crippen molar-refractivity contribution in [1.82, 2.24) is 5.32 Å². The Morgan fingerprint density at radius 1 is 1.24 bits per heavy atom. The van der Waals surface area contributed by atoms with Crippen LogP contribution in [0.1, 0.15) is 27.7 Å². The summed E-state index contributed by atoms with van der Waals surface area (Å²) in [5.74, 6) is -0.220. The standard InChI is InChI=1S/C12H25NO3Si/c1-9(14)15-7-10-11(13-10)8-16-17(5,6)12(2,3)4/h10-11,13H,7-8H2,1-6H3/t10-,11+/m0/s1. The summed E-state index contributed by atoms with van der Waals surface area (Å²) in [5.41, 5.74) is 0. The SMILES string of the molecule is CC(=O)OC[C@@H]1N[C@@H]1CO[Si](C)(C)C(C)(C)C. The van der Waals surface area contributed by atoms with Crippen molar-refractivity contribution in [2.45, 2.75) is 57.9 Å². The second-order valence-electron chi connectivity index (χ2n) is 6.25. The molecule has 0 saturated carbocycles. The molecule has 1 N–H and O–H groups in total. The van der Waals surface area contributed by atoms with Crippen molar-refractivity contribution in [1.29, 1.82) is 0 Å². The van der Waals surface area contributed by atoms with E-state index >= 15 is 0 Å². The number of rotatable bonds is 5. The zero-order valence-electron chi connectivity index (χ0n) is 11.8. The average molecular weight is 259 g/mol. The lowest BCUT2D eigenvalue weighted by Gasteiger charge is -2.36. The molecule has 0 spiro atoms. The number of carbonyl (C=O) groups excluding carboxylic acids is 1. The van der Waals surface area contributed by atoms with E-state index in [1.54, 1.807) is 0 Å². The van der Waals surface area contributed by atoms with Gasteiger partial charge in [0.25, 0.3) is 0 Å². The van der Waals surface area contributed by atoms with Crippen LogP contribution in [0.15, 0.2) is 0 Å². The third kappa shape index (κ3) is 4.41. The third-order valence-corrected chi connectivity index (χ3v) is 8.20. The van der Waals surface area contributed by atoms with E-state index in [4.69, 9.17) is 9.16 Å². The van der Waals surface area contributed by atoms with E-state index in [0.717, 1.165) is 6.61 Å². The van der Waals surface area contributed by atoms with Crippen LogP contribution in [0, 0.1) is 0 Å². The fourth-order valence-electron chi connectivity index (χ4n) is 1.27. The Bertz CT molecular complexity index is 286. The van der Waals surface area contributed by atoms with Crippen LogP contribution in [0.3, 0.4) is 0 Å². The first kappa shape index (κ1) is 14.7. The number of ether oxygens (including phenoxy) is 1. The number of carbonyl (C=O) groups is 1. The Labute approximate surface area is 105 Å². The van der Waals surface area contributed by atoms with Crippen molar-refractivity contribution in [3.8, 4) is 0 Å². The van der Waals surface area contributed by atoms with Gasteiger partial charge in [-0.05, 0) is 18.1 Å². The van der Waals surface area contributed by atoms with Crippen molar-refractivity contribution < 1.29 is 14.0 Å². The van der Waals surface area contributed by atoms with E-state index in [0.29, 0.717) is 12.6 Å². The first-order valence-electron chi connectivity index (χ1n) is 6.17. The molecule has 1 fully saturated rings. The lowest BCUT2D eigenvalue weighted by atomic mass is 10.2.